The molecule has 27 heavy (non-hydrogen) atoms. The summed E-state index contributed by atoms with van der Waals surface area (Å²) in [6.45, 7) is 4.48. The molecule has 1 saturated heterocycles. The Kier molecular flexibility index (Phi) is 6.24. The lowest BCUT2D eigenvalue weighted by Crippen LogP contribution is -2.53. The maximum absolute atomic E-state index is 12.7. The molecule has 6 heteroatoms. The SMILES string of the molecule is Cc1cc(N(C)C)ccc1NC(=O)N1CCN(C(=O)C2CCCCC2)CC1. The van der Waals surface area contributed by atoms with Gasteiger partial charge in [0.25, 0.3) is 0 Å². The minimum absolute atomic E-state index is 0.0829. The third kappa shape index (κ3) is 4.73. The lowest BCUT2D eigenvalue weighted by Gasteiger charge is -2.37. The van der Waals surface area contributed by atoms with Gasteiger partial charge >= 0.3 is 6.03 Å². The van der Waals surface area contributed by atoms with E-state index >= 15 is 0 Å². The maximum atomic E-state index is 12.7. The van der Waals surface area contributed by atoms with Crippen molar-refractivity contribution in [1.82, 2.24) is 9.80 Å². The highest BCUT2D eigenvalue weighted by Crippen LogP contribution is 2.26. The average molecular weight is 373 g/mol. The van der Waals surface area contributed by atoms with Gasteiger partial charge in [-0.15, -0.1) is 0 Å². The van der Waals surface area contributed by atoms with Gasteiger partial charge in [0.1, 0.15) is 0 Å². The number of anilines is 2. The summed E-state index contributed by atoms with van der Waals surface area (Å²) in [5.41, 5.74) is 2.99. The van der Waals surface area contributed by atoms with Gasteiger partial charge in [-0.1, -0.05) is 19.3 Å². The highest BCUT2D eigenvalue weighted by Gasteiger charge is 2.29. The molecule has 2 fully saturated rings. The first-order valence-corrected chi connectivity index (χ1v) is 10.1. The predicted octanol–water partition coefficient (Wildman–Crippen LogP) is 3.32. The molecule has 0 radical (unpaired) electrons. The minimum atomic E-state index is -0.0829. The van der Waals surface area contributed by atoms with Gasteiger partial charge in [0.15, 0.2) is 0 Å². The molecule has 1 heterocycles. The minimum Gasteiger partial charge on any atom is -0.378 e. The molecule has 0 unspecified atom stereocenters. The van der Waals surface area contributed by atoms with Gasteiger partial charge in [0.2, 0.25) is 5.91 Å². The van der Waals surface area contributed by atoms with Crippen LogP contribution in [-0.2, 0) is 4.79 Å². The first kappa shape index (κ1) is 19.5. The van der Waals surface area contributed by atoms with Crippen LogP contribution in [0.2, 0.25) is 0 Å². The normalized spacial score (nSPS) is 18.3. The zero-order valence-electron chi connectivity index (χ0n) is 16.8. The van der Waals surface area contributed by atoms with Crippen molar-refractivity contribution in [3.63, 3.8) is 0 Å². The van der Waals surface area contributed by atoms with Crippen LogP contribution in [0.3, 0.4) is 0 Å². The van der Waals surface area contributed by atoms with E-state index in [2.05, 4.69) is 11.4 Å². The number of hydrogen-bond donors (Lipinski definition) is 1. The number of urea groups is 1. The smallest absolute Gasteiger partial charge is 0.321 e. The molecule has 6 nitrogen and oxygen atoms in total. The van der Waals surface area contributed by atoms with Crippen molar-refractivity contribution < 1.29 is 9.59 Å². The Morgan fingerprint density at radius 3 is 2.22 bits per heavy atom. The number of rotatable bonds is 3. The van der Waals surface area contributed by atoms with E-state index in [9.17, 15) is 9.59 Å². The molecule has 0 atom stereocenters. The summed E-state index contributed by atoms with van der Waals surface area (Å²) in [5.74, 6) is 0.502. The number of hydrogen-bond acceptors (Lipinski definition) is 3. The molecule has 1 aromatic rings. The first-order valence-electron chi connectivity index (χ1n) is 10.1. The van der Waals surface area contributed by atoms with Crippen molar-refractivity contribution in [1.29, 1.82) is 0 Å². The molecule has 1 saturated carbocycles. The van der Waals surface area contributed by atoms with E-state index in [-0.39, 0.29) is 11.9 Å². The Morgan fingerprint density at radius 2 is 1.63 bits per heavy atom. The number of benzene rings is 1. The van der Waals surface area contributed by atoms with Crippen molar-refractivity contribution in [2.24, 2.45) is 5.92 Å². The largest absolute Gasteiger partial charge is 0.378 e. The van der Waals surface area contributed by atoms with Gasteiger partial charge in [-0.3, -0.25) is 4.79 Å². The van der Waals surface area contributed by atoms with Crippen molar-refractivity contribution in [2.45, 2.75) is 39.0 Å². The van der Waals surface area contributed by atoms with E-state index in [1.165, 1.54) is 19.3 Å². The van der Waals surface area contributed by atoms with E-state index in [1.54, 1.807) is 0 Å². The van der Waals surface area contributed by atoms with Crippen LogP contribution in [0.1, 0.15) is 37.7 Å². The van der Waals surface area contributed by atoms with Gasteiger partial charge in [-0.05, 0) is 43.5 Å². The molecule has 1 N–H and O–H groups in total. The molecule has 3 rings (SSSR count). The van der Waals surface area contributed by atoms with Crippen LogP contribution >= 0.6 is 0 Å². The van der Waals surface area contributed by atoms with Crippen molar-refractivity contribution in [3.8, 4) is 0 Å². The summed E-state index contributed by atoms with van der Waals surface area (Å²) >= 11 is 0. The number of aryl methyl sites for hydroxylation is 1. The molecule has 0 spiro atoms. The van der Waals surface area contributed by atoms with Gasteiger partial charge < -0.3 is 20.0 Å². The number of piperazine rings is 1. The molecule has 1 aliphatic carbocycles. The van der Waals surface area contributed by atoms with E-state index in [0.29, 0.717) is 32.1 Å². The van der Waals surface area contributed by atoms with Crippen LogP contribution in [0.4, 0.5) is 16.2 Å². The zero-order chi connectivity index (χ0) is 19.4. The summed E-state index contributed by atoms with van der Waals surface area (Å²) in [4.78, 5) is 31.1. The molecule has 148 valence electrons. The second kappa shape index (κ2) is 8.63. The summed E-state index contributed by atoms with van der Waals surface area (Å²) in [5, 5.41) is 3.02. The van der Waals surface area contributed by atoms with E-state index in [4.69, 9.17) is 0 Å². The molecule has 1 aliphatic heterocycles. The van der Waals surface area contributed by atoms with E-state index in [0.717, 1.165) is 29.8 Å². The quantitative estimate of drug-likeness (QED) is 0.886. The summed E-state index contributed by atoms with van der Waals surface area (Å²) < 4.78 is 0. The average Bonchev–Trinajstić information content (AvgIpc) is 2.69. The fourth-order valence-electron chi connectivity index (χ4n) is 4.00. The van der Waals surface area contributed by atoms with Crippen LogP contribution in [0.5, 0.6) is 0 Å². The van der Waals surface area contributed by atoms with E-state index < -0.39 is 0 Å². The van der Waals surface area contributed by atoms with Crippen molar-refractivity contribution >= 4 is 23.3 Å². The molecule has 1 aromatic carbocycles. The molecular formula is C21H32N4O2. The van der Waals surface area contributed by atoms with Crippen molar-refractivity contribution in [3.05, 3.63) is 23.8 Å². The molecule has 3 amide bonds. The van der Waals surface area contributed by atoms with Gasteiger partial charge in [-0.2, -0.15) is 0 Å². The summed E-state index contributed by atoms with van der Waals surface area (Å²) in [7, 11) is 4.00. The highest BCUT2D eigenvalue weighted by atomic mass is 16.2. The fraction of sp³-hybridized carbons (Fsp3) is 0.619. The van der Waals surface area contributed by atoms with Crippen LogP contribution < -0.4 is 10.2 Å². The van der Waals surface area contributed by atoms with Gasteiger partial charge in [0.05, 0.1) is 0 Å². The Bertz CT molecular complexity index is 675. The fourth-order valence-corrected chi connectivity index (χ4v) is 4.00. The molecule has 2 aliphatic rings. The Morgan fingerprint density at radius 1 is 1.00 bits per heavy atom. The number of amides is 3. The van der Waals surface area contributed by atoms with Crippen LogP contribution in [0.15, 0.2) is 18.2 Å². The second-order valence-electron chi connectivity index (χ2n) is 7.97. The summed E-state index contributed by atoms with van der Waals surface area (Å²) in [6, 6.07) is 5.94. The molecule has 0 aromatic heterocycles. The third-order valence-electron chi connectivity index (χ3n) is 5.80. The Balaban J connectivity index is 1.52. The monoisotopic (exact) mass is 372 g/mol. The second-order valence-corrected chi connectivity index (χ2v) is 7.97. The van der Waals surface area contributed by atoms with Gasteiger partial charge in [0, 0.05) is 57.6 Å². The Hall–Kier alpha value is -2.24. The van der Waals surface area contributed by atoms with E-state index in [1.807, 2.05) is 47.9 Å². The number of nitrogens with zero attached hydrogens (tertiary/aromatic N) is 3. The van der Waals surface area contributed by atoms with Crippen molar-refractivity contribution in [2.75, 3.05) is 50.5 Å². The van der Waals surface area contributed by atoms with Crippen LogP contribution in [0.25, 0.3) is 0 Å². The topological polar surface area (TPSA) is 55.9 Å². The van der Waals surface area contributed by atoms with Crippen LogP contribution in [-0.4, -0.2) is 62.0 Å². The molecular weight excluding hydrogens is 340 g/mol. The standard InChI is InChI=1S/C21H32N4O2/c1-16-15-18(23(2)3)9-10-19(16)22-21(27)25-13-11-24(12-14-25)20(26)17-7-5-4-6-8-17/h9-10,15,17H,4-8,11-14H2,1-3H3,(H,22,27). The highest BCUT2D eigenvalue weighted by molar-refractivity contribution is 5.90. The third-order valence-corrected chi connectivity index (χ3v) is 5.80. The maximum Gasteiger partial charge on any atom is 0.321 e. The Labute approximate surface area is 162 Å². The predicted molar refractivity (Wildman–Crippen MR) is 109 cm³/mol. The van der Waals surface area contributed by atoms with Gasteiger partial charge in [-0.25, -0.2) is 4.79 Å². The molecule has 0 bridgehead atoms. The first-order chi connectivity index (χ1) is 13.0. The number of nitrogens with one attached hydrogen (secondary N) is 1. The number of carbonyl (C=O) groups excluding carboxylic acids is 2. The lowest BCUT2D eigenvalue weighted by molar-refractivity contribution is -0.138. The lowest BCUT2D eigenvalue weighted by atomic mass is 9.88. The van der Waals surface area contributed by atoms with Crippen LogP contribution in [0, 0.1) is 12.8 Å². The number of carbonyl (C=O) groups is 2. The zero-order valence-corrected chi connectivity index (χ0v) is 16.8. The summed E-state index contributed by atoms with van der Waals surface area (Å²) in [6.07, 6.45) is 5.66.